The first kappa shape index (κ1) is 10.4. The van der Waals surface area contributed by atoms with Crippen molar-refractivity contribution in [2.75, 3.05) is 0 Å². The summed E-state index contributed by atoms with van der Waals surface area (Å²) in [6.45, 7) is 0. The molecule has 17 heavy (non-hydrogen) atoms. The quantitative estimate of drug-likeness (QED) is 0.852. The molecule has 2 atom stereocenters. The molecule has 0 saturated heterocycles. The lowest BCUT2D eigenvalue weighted by molar-refractivity contribution is 0.148. The lowest BCUT2D eigenvalue weighted by Crippen LogP contribution is -2.11. The first-order chi connectivity index (χ1) is 8.34. The van der Waals surface area contributed by atoms with Gasteiger partial charge in [-0.1, -0.05) is 5.16 Å². The summed E-state index contributed by atoms with van der Waals surface area (Å²) in [5, 5.41) is 13.7. The summed E-state index contributed by atoms with van der Waals surface area (Å²) >= 11 is 0. The van der Waals surface area contributed by atoms with E-state index in [4.69, 9.17) is 4.52 Å². The highest BCUT2D eigenvalue weighted by atomic mass is 16.5. The first-order valence-corrected chi connectivity index (χ1v) is 5.76. The highest BCUT2D eigenvalue weighted by molar-refractivity contribution is 5.51. The lowest BCUT2D eigenvalue weighted by Gasteiger charge is -2.07. The van der Waals surface area contributed by atoms with Crippen LogP contribution in [-0.4, -0.2) is 26.3 Å². The van der Waals surface area contributed by atoms with Crippen LogP contribution in [0.15, 0.2) is 29.0 Å². The van der Waals surface area contributed by atoms with Gasteiger partial charge in [0.1, 0.15) is 0 Å². The Morgan fingerprint density at radius 2 is 2.29 bits per heavy atom. The van der Waals surface area contributed by atoms with Gasteiger partial charge < -0.3 is 9.63 Å². The SMILES string of the molecule is OC1CCCC1c1nc(-c2cccnc2)no1. The van der Waals surface area contributed by atoms with Crippen molar-refractivity contribution in [1.29, 1.82) is 0 Å². The van der Waals surface area contributed by atoms with Crippen molar-refractivity contribution in [1.82, 2.24) is 15.1 Å². The molecular weight excluding hydrogens is 218 g/mol. The molecule has 1 fully saturated rings. The molecule has 88 valence electrons. The number of hydrogen-bond donors (Lipinski definition) is 1. The van der Waals surface area contributed by atoms with Gasteiger partial charge in [0.2, 0.25) is 11.7 Å². The third kappa shape index (κ3) is 1.93. The average molecular weight is 231 g/mol. The molecule has 1 aliphatic carbocycles. The van der Waals surface area contributed by atoms with Gasteiger partial charge in [0, 0.05) is 18.0 Å². The van der Waals surface area contributed by atoms with Crippen LogP contribution in [0.4, 0.5) is 0 Å². The van der Waals surface area contributed by atoms with Crippen LogP contribution in [0.25, 0.3) is 11.4 Å². The third-order valence-corrected chi connectivity index (χ3v) is 3.16. The molecule has 2 aromatic heterocycles. The Hall–Kier alpha value is -1.75. The fourth-order valence-corrected chi connectivity index (χ4v) is 2.23. The van der Waals surface area contributed by atoms with Gasteiger partial charge in [-0.2, -0.15) is 4.98 Å². The zero-order valence-corrected chi connectivity index (χ0v) is 9.28. The molecule has 0 aromatic carbocycles. The van der Waals surface area contributed by atoms with Crippen LogP contribution >= 0.6 is 0 Å². The van der Waals surface area contributed by atoms with E-state index in [1.165, 1.54) is 0 Å². The topological polar surface area (TPSA) is 72.0 Å². The van der Waals surface area contributed by atoms with Gasteiger partial charge in [0.25, 0.3) is 0 Å². The molecule has 2 heterocycles. The molecule has 1 N–H and O–H groups in total. The molecule has 0 spiro atoms. The molecule has 0 aliphatic heterocycles. The Balaban J connectivity index is 1.88. The zero-order valence-electron chi connectivity index (χ0n) is 9.28. The monoisotopic (exact) mass is 231 g/mol. The van der Waals surface area contributed by atoms with Crippen LogP contribution < -0.4 is 0 Å². The summed E-state index contributed by atoms with van der Waals surface area (Å²) in [6.07, 6.45) is 5.78. The van der Waals surface area contributed by atoms with E-state index in [-0.39, 0.29) is 12.0 Å². The minimum Gasteiger partial charge on any atom is -0.392 e. The standard InChI is InChI=1S/C12H13N3O2/c16-10-5-1-4-9(10)12-14-11(15-17-12)8-3-2-6-13-7-8/h2-3,6-7,9-10,16H,1,4-5H2. The van der Waals surface area contributed by atoms with Gasteiger partial charge >= 0.3 is 0 Å². The number of rotatable bonds is 2. The van der Waals surface area contributed by atoms with Crippen molar-refractivity contribution in [3.63, 3.8) is 0 Å². The number of pyridine rings is 1. The average Bonchev–Trinajstić information content (AvgIpc) is 2.98. The second-order valence-corrected chi connectivity index (χ2v) is 4.30. The van der Waals surface area contributed by atoms with E-state index in [1.54, 1.807) is 12.4 Å². The summed E-state index contributed by atoms with van der Waals surface area (Å²) in [7, 11) is 0. The van der Waals surface area contributed by atoms with Crippen LogP contribution in [0.2, 0.25) is 0 Å². The van der Waals surface area contributed by atoms with E-state index in [0.29, 0.717) is 11.7 Å². The van der Waals surface area contributed by atoms with E-state index in [0.717, 1.165) is 24.8 Å². The van der Waals surface area contributed by atoms with Crippen molar-refractivity contribution < 1.29 is 9.63 Å². The Kier molecular flexibility index (Phi) is 2.60. The van der Waals surface area contributed by atoms with Crippen molar-refractivity contribution >= 4 is 0 Å². The minimum atomic E-state index is -0.350. The Morgan fingerprint density at radius 3 is 3.00 bits per heavy atom. The van der Waals surface area contributed by atoms with E-state index >= 15 is 0 Å². The molecule has 2 aromatic rings. The Labute approximate surface area is 98.5 Å². The molecule has 1 saturated carbocycles. The van der Waals surface area contributed by atoms with E-state index < -0.39 is 0 Å². The van der Waals surface area contributed by atoms with Crippen molar-refractivity contribution in [3.8, 4) is 11.4 Å². The van der Waals surface area contributed by atoms with Crippen LogP contribution in [0.1, 0.15) is 31.1 Å². The van der Waals surface area contributed by atoms with Crippen molar-refractivity contribution in [2.45, 2.75) is 31.3 Å². The molecular formula is C12H13N3O2. The van der Waals surface area contributed by atoms with Crippen LogP contribution in [0.5, 0.6) is 0 Å². The fraction of sp³-hybridized carbons (Fsp3) is 0.417. The second-order valence-electron chi connectivity index (χ2n) is 4.30. The molecule has 3 rings (SSSR count). The molecule has 5 nitrogen and oxygen atoms in total. The molecule has 0 radical (unpaired) electrons. The number of aliphatic hydroxyl groups excluding tert-OH is 1. The molecule has 0 bridgehead atoms. The zero-order chi connectivity index (χ0) is 11.7. The molecule has 1 aliphatic rings. The number of hydrogen-bond acceptors (Lipinski definition) is 5. The smallest absolute Gasteiger partial charge is 0.232 e. The van der Waals surface area contributed by atoms with Crippen LogP contribution in [0, 0.1) is 0 Å². The number of aromatic nitrogens is 3. The van der Waals surface area contributed by atoms with Gasteiger partial charge in [-0.25, -0.2) is 0 Å². The van der Waals surface area contributed by atoms with Crippen molar-refractivity contribution in [3.05, 3.63) is 30.4 Å². The summed E-state index contributed by atoms with van der Waals surface area (Å²) < 4.78 is 5.22. The molecule has 0 amide bonds. The second kappa shape index (κ2) is 4.25. The molecule has 5 heteroatoms. The van der Waals surface area contributed by atoms with Crippen molar-refractivity contribution in [2.24, 2.45) is 0 Å². The molecule has 2 unspecified atom stereocenters. The number of nitrogens with zero attached hydrogens (tertiary/aromatic N) is 3. The van der Waals surface area contributed by atoms with Crippen LogP contribution in [-0.2, 0) is 0 Å². The number of aliphatic hydroxyl groups is 1. The normalized spacial score (nSPS) is 24.1. The van der Waals surface area contributed by atoms with Crippen LogP contribution in [0.3, 0.4) is 0 Å². The van der Waals surface area contributed by atoms with E-state index in [2.05, 4.69) is 15.1 Å². The van der Waals surface area contributed by atoms with Gasteiger partial charge in [0.15, 0.2) is 0 Å². The summed E-state index contributed by atoms with van der Waals surface area (Å²) in [4.78, 5) is 8.35. The largest absolute Gasteiger partial charge is 0.392 e. The summed E-state index contributed by atoms with van der Waals surface area (Å²) in [6, 6.07) is 3.71. The Bertz CT molecular complexity index is 497. The third-order valence-electron chi connectivity index (χ3n) is 3.16. The summed E-state index contributed by atoms with van der Waals surface area (Å²) in [5.74, 6) is 1.06. The van der Waals surface area contributed by atoms with E-state index in [9.17, 15) is 5.11 Å². The fourth-order valence-electron chi connectivity index (χ4n) is 2.23. The maximum atomic E-state index is 9.78. The van der Waals surface area contributed by atoms with Gasteiger partial charge in [-0.3, -0.25) is 4.98 Å². The maximum Gasteiger partial charge on any atom is 0.232 e. The van der Waals surface area contributed by atoms with Gasteiger partial charge in [-0.05, 0) is 31.4 Å². The highest BCUT2D eigenvalue weighted by Gasteiger charge is 2.31. The van der Waals surface area contributed by atoms with E-state index in [1.807, 2.05) is 12.1 Å². The van der Waals surface area contributed by atoms with Gasteiger partial charge in [-0.15, -0.1) is 0 Å². The van der Waals surface area contributed by atoms with Gasteiger partial charge in [0.05, 0.1) is 12.0 Å². The highest BCUT2D eigenvalue weighted by Crippen LogP contribution is 2.34. The predicted molar refractivity (Wildman–Crippen MR) is 60.1 cm³/mol. The minimum absolute atomic E-state index is 0.00655. The summed E-state index contributed by atoms with van der Waals surface area (Å²) in [5.41, 5.74) is 0.829. The predicted octanol–water partition coefficient (Wildman–Crippen LogP) is 1.76. The lowest BCUT2D eigenvalue weighted by atomic mass is 10.1. The first-order valence-electron chi connectivity index (χ1n) is 5.76. The Morgan fingerprint density at radius 1 is 1.35 bits per heavy atom. The maximum absolute atomic E-state index is 9.78.